The van der Waals surface area contributed by atoms with E-state index >= 15 is 0 Å². The molecule has 1 amide bonds. The Balaban J connectivity index is 1.94. The highest BCUT2D eigenvalue weighted by molar-refractivity contribution is 5.80. The fraction of sp³-hybridized carbons (Fsp3) is 0.692. The lowest BCUT2D eigenvalue weighted by atomic mass is 9.76. The van der Waals surface area contributed by atoms with E-state index in [1.807, 2.05) is 13.8 Å². The average Bonchev–Trinajstić information content (AvgIpc) is 3.05. The average molecular weight is 280 g/mol. The van der Waals surface area contributed by atoms with Crippen LogP contribution >= 0.6 is 0 Å². The Kier molecular flexibility index (Phi) is 4.06. The van der Waals surface area contributed by atoms with E-state index in [1.165, 1.54) is 6.33 Å². The minimum atomic E-state index is -0.806. The van der Waals surface area contributed by atoms with Crippen molar-refractivity contribution in [2.24, 2.45) is 11.3 Å². The number of rotatable bonds is 5. The van der Waals surface area contributed by atoms with Gasteiger partial charge in [0, 0.05) is 19.5 Å². The molecule has 1 aromatic rings. The number of carboxylic acids is 1. The van der Waals surface area contributed by atoms with E-state index < -0.39 is 11.4 Å². The third kappa shape index (κ3) is 2.66. The van der Waals surface area contributed by atoms with Gasteiger partial charge in [0.1, 0.15) is 12.7 Å². The Labute approximate surface area is 117 Å². The molecule has 1 aliphatic rings. The maximum Gasteiger partial charge on any atom is 0.311 e. The number of hydrogen-bond donors (Lipinski definition) is 1. The van der Waals surface area contributed by atoms with Crippen LogP contribution in [0.1, 0.15) is 26.7 Å². The summed E-state index contributed by atoms with van der Waals surface area (Å²) in [5.41, 5.74) is -0.803. The summed E-state index contributed by atoms with van der Waals surface area (Å²) in [6.45, 7) is 5.09. The molecule has 0 radical (unpaired) electrons. The number of likely N-dealkylation sites (tertiary alicyclic amines) is 1. The van der Waals surface area contributed by atoms with E-state index in [9.17, 15) is 14.7 Å². The highest BCUT2D eigenvalue weighted by atomic mass is 16.4. The minimum Gasteiger partial charge on any atom is -0.481 e. The summed E-state index contributed by atoms with van der Waals surface area (Å²) < 4.78 is 1.60. The molecule has 1 unspecified atom stereocenters. The standard InChI is InChI=1S/C13H20N4O3/c1-10(2)13(12(19)20)4-6-16(7-13)11(18)3-5-17-9-14-8-15-17/h8-10H,3-7H2,1-2H3,(H,19,20). The number of aliphatic carboxylic acids is 1. The van der Waals surface area contributed by atoms with Crippen molar-refractivity contribution in [3.8, 4) is 0 Å². The molecule has 0 aliphatic carbocycles. The predicted octanol–water partition coefficient (Wildman–Crippen LogP) is 0.627. The first-order valence-electron chi connectivity index (χ1n) is 6.79. The van der Waals surface area contributed by atoms with Gasteiger partial charge >= 0.3 is 5.97 Å². The number of aromatic nitrogens is 3. The highest BCUT2D eigenvalue weighted by Gasteiger charge is 2.48. The van der Waals surface area contributed by atoms with Crippen LogP contribution in [0.2, 0.25) is 0 Å². The number of nitrogens with zero attached hydrogens (tertiary/aromatic N) is 4. The first kappa shape index (κ1) is 14.5. The van der Waals surface area contributed by atoms with Crippen molar-refractivity contribution in [3.63, 3.8) is 0 Å². The van der Waals surface area contributed by atoms with Crippen LogP contribution in [-0.2, 0) is 16.1 Å². The number of amides is 1. The Morgan fingerprint density at radius 3 is 2.70 bits per heavy atom. The monoisotopic (exact) mass is 280 g/mol. The topological polar surface area (TPSA) is 88.3 Å². The van der Waals surface area contributed by atoms with Crippen LogP contribution in [0, 0.1) is 11.3 Å². The molecule has 2 rings (SSSR count). The zero-order valence-corrected chi connectivity index (χ0v) is 11.8. The smallest absolute Gasteiger partial charge is 0.311 e. The number of carbonyl (C=O) groups is 2. The largest absolute Gasteiger partial charge is 0.481 e. The third-order valence-electron chi connectivity index (χ3n) is 4.21. The van der Waals surface area contributed by atoms with Crippen LogP contribution in [0.15, 0.2) is 12.7 Å². The fourth-order valence-electron chi connectivity index (χ4n) is 2.66. The predicted molar refractivity (Wildman–Crippen MR) is 70.7 cm³/mol. The zero-order valence-electron chi connectivity index (χ0n) is 11.8. The molecular formula is C13H20N4O3. The van der Waals surface area contributed by atoms with Crippen LogP contribution in [-0.4, -0.2) is 49.7 Å². The quantitative estimate of drug-likeness (QED) is 0.854. The Morgan fingerprint density at radius 2 is 2.20 bits per heavy atom. The maximum absolute atomic E-state index is 12.1. The van der Waals surface area contributed by atoms with Crippen molar-refractivity contribution in [2.45, 2.75) is 33.2 Å². The van der Waals surface area contributed by atoms with E-state index in [0.717, 1.165) is 0 Å². The van der Waals surface area contributed by atoms with Gasteiger partial charge in [-0.2, -0.15) is 5.10 Å². The second-order valence-electron chi connectivity index (χ2n) is 5.59. The Morgan fingerprint density at radius 1 is 1.45 bits per heavy atom. The summed E-state index contributed by atoms with van der Waals surface area (Å²) >= 11 is 0. The van der Waals surface area contributed by atoms with Crippen molar-refractivity contribution in [3.05, 3.63) is 12.7 Å². The van der Waals surface area contributed by atoms with Gasteiger partial charge in [-0.1, -0.05) is 13.8 Å². The van der Waals surface area contributed by atoms with E-state index in [-0.39, 0.29) is 11.8 Å². The lowest BCUT2D eigenvalue weighted by molar-refractivity contribution is -0.151. The van der Waals surface area contributed by atoms with Gasteiger partial charge in [-0.15, -0.1) is 0 Å². The van der Waals surface area contributed by atoms with Crippen molar-refractivity contribution in [2.75, 3.05) is 13.1 Å². The van der Waals surface area contributed by atoms with E-state index in [2.05, 4.69) is 10.1 Å². The minimum absolute atomic E-state index is 0.00751. The van der Waals surface area contributed by atoms with Crippen LogP contribution < -0.4 is 0 Å². The summed E-state index contributed by atoms with van der Waals surface area (Å²) in [7, 11) is 0. The number of hydrogen-bond acceptors (Lipinski definition) is 4. The zero-order chi connectivity index (χ0) is 14.8. The van der Waals surface area contributed by atoms with Gasteiger partial charge in [-0.05, 0) is 12.3 Å². The van der Waals surface area contributed by atoms with Crippen molar-refractivity contribution < 1.29 is 14.7 Å². The molecule has 0 bridgehead atoms. The molecule has 7 heteroatoms. The molecule has 0 spiro atoms. The lowest BCUT2D eigenvalue weighted by Crippen LogP contribution is -2.40. The first-order chi connectivity index (χ1) is 9.45. The van der Waals surface area contributed by atoms with E-state index in [1.54, 1.807) is 15.9 Å². The molecule has 110 valence electrons. The van der Waals surface area contributed by atoms with Gasteiger partial charge in [0.25, 0.3) is 0 Å². The van der Waals surface area contributed by atoms with Gasteiger partial charge in [-0.25, -0.2) is 4.98 Å². The van der Waals surface area contributed by atoms with Gasteiger partial charge in [0.05, 0.1) is 12.0 Å². The van der Waals surface area contributed by atoms with Gasteiger partial charge < -0.3 is 10.0 Å². The molecule has 1 saturated heterocycles. The summed E-state index contributed by atoms with van der Waals surface area (Å²) in [6.07, 6.45) is 3.83. The molecule has 7 nitrogen and oxygen atoms in total. The molecule has 1 atom stereocenters. The molecule has 20 heavy (non-hydrogen) atoms. The van der Waals surface area contributed by atoms with Crippen LogP contribution in [0.4, 0.5) is 0 Å². The second-order valence-corrected chi connectivity index (χ2v) is 5.59. The summed E-state index contributed by atoms with van der Waals surface area (Å²) in [5, 5.41) is 13.4. The van der Waals surface area contributed by atoms with Crippen molar-refractivity contribution in [1.82, 2.24) is 19.7 Å². The van der Waals surface area contributed by atoms with Crippen molar-refractivity contribution in [1.29, 1.82) is 0 Å². The van der Waals surface area contributed by atoms with Gasteiger partial charge in [0.2, 0.25) is 5.91 Å². The molecule has 1 aromatic heterocycles. The summed E-state index contributed by atoms with van der Waals surface area (Å²) in [4.78, 5) is 29.1. The maximum atomic E-state index is 12.1. The lowest BCUT2D eigenvalue weighted by Gasteiger charge is -2.28. The van der Waals surface area contributed by atoms with Gasteiger partial charge in [0.15, 0.2) is 0 Å². The molecule has 1 fully saturated rings. The van der Waals surface area contributed by atoms with Gasteiger partial charge in [-0.3, -0.25) is 14.3 Å². The van der Waals surface area contributed by atoms with Crippen LogP contribution in [0.25, 0.3) is 0 Å². The number of carbonyl (C=O) groups excluding carboxylic acids is 1. The third-order valence-corrected chi connectivity index (χ3v) is 4.21. The first-order valence-corrected chi connectivity index (χ1v) is 6.79. The molecule has 1 N–H and O–H groups in total. The summed E-state index contributed by atoms with van der Waals surface area (Å²) in [5.74, 6) is -0.823. The molecule has 1 aliphatic heterocycles. The normalized spacial score (nSPS) is 22.4. The molecule has 2 heterocycles. The number of aryl methyl sites for hydroxylation is 1. The van der Waals surface area contributed by atoms with Crippen LogP contribution in [0.5, 0.6) is 0 Å². The van der Waals surface area contributed by atoms with E-state index in [4.69, 9.17) is 0 Å². The highest BCUT2D eigenvalue weighted by Crippen LogP contribution is 2.38. The number of carboxylic acid groups (broad SMARTS) is 1. The fourth-order valence-corrected chi connectivity index (χ4v) is 2.66. The van der Waals surface area contributed by atoms with E-state index in [0.29, 0.717) is 32.5 Å². The Bertz CT molecular complexity index is 486. The second kappa shape index (κ2) is 5.60. The van der Waals surface area contributed by atoms with Crippen molar-refractivity contribution >= 4 is 11.9 Å². The summed E-state index contributed by atoms with van der Waals surface area (Å²) in [6, 6.07) is 0. The molecule has 0 aromatic carbocycles. The SMILES string of the molecule is CC(C)C1(C(=O)O)CCN(C(=O)CCn2cncn2)C1. The van der Waals surface area contributed by atoms with Crippen LogP contribution in [0.3, 0.4) is 0 Å². The Hall–Kier alpha value is -1.92. The molecule has 0 saturated carbocycles. The molecular weight excluding hydrogens is 260 g/mol.